The monoisotopic (exact) mass is 293 g/mol. The van der Waals surface area contributed by atoms with Crippen LogP contribution in [0.5, 0.6) is 0 Å². The minimum Gasteiger partial charge on any atom is -0.382 e. The predicted molar refractivity (Wildman–Crippen MR) is 80.7 cm³/mol. The molecule has 0 unspecified atom stereocenters. The summed E-state index contributed by atoms with van der Waals surface area (Å²) in [5.41, 5.74) is 2.17. The van der Waals surface area contributed by atoms with Crippen LogP contribution in [0.2, 0.25) is 0 Å². The molecule has 0 amide bonds. The highest BCUT2D eigenvalue weighted by molar-refractivity contribution is 7.91. The molecule has 1 aromatic carbocycles. The van der Waals surface area contributed by atoms with Gasteiger partial charge in [-0.3, -0.25) is 4.68 Å². The Bertz CT molecular complexity index is 707. The van der Waals surface area contributed by atoms with Gasteiger partial charge in [-0.25, -0.2) is 8.42 Å². The molecular weight excluding hydrogens is 274 g/mol. The van der Waals surface area contributed by atoms with Crippen molar-refractivity contribution < 1.29 is 8.42 Å². The molecule has 1 N–H and O–H groups in total. The summed E-state index contributed by atoms with van der Waals surface area (Å²) in [6, 6.07) is 6.43. The van der Waals surface area contributed by atoms with E-state index in [-0.39, 0.29) is 6.04 Å². The van der Waals surface area contributed by atoms with Gasteiger partial charge in [0.15, 0.2) is 0 Å². The predicted octanol–water partition coefficient (Wildman–Crippen LogP) is 2.05. The van der Waals surface area contributed by atoms with E-state index in [2.05, 4.69) is 29.5 Å². The minimum absolute atomic E-state index is 0.247. The molecule has 20 heavy (non-hydrogen) atoms. The second kappa shape index (κ2) is 5.09. The molecule has 1 aromatic heterocycles. The molecular formula is C14H19N3O2S. The standard InChI is InChI=1S/C14H19N3O2S/c1-2-17-14-4-3-13(9-11(14)10-15-17)16-12-5-7-20(18,19)8-6-12/h3-4,9-10,12,16H,2,5-8H2,1H3. The molecule has 6 heteroatoms. The lowest BCUT2D eigenvalue weighted by Gasteiger charge is -2.24. The van der Waals surface area contributed by atoms with Gasteiger partial charge in [-0.1, -0.05) is 0 Å². The SMILES string of the molecule is CCn1ncc2cc(NC3CCS(=O)(=O)CC3)ccc21. The first kappa shape index (κ1) is 13.4. The Labute approximate surface area is 118 Å². The number of sulfone groups is 1. The van der Waals surface area contributed by atoms with Crippen molar-refractivity contribution in [2.24, 2.45) is 0 Å². The summed E-state index contributed by atoms with van der Waals surface area (Å²) in [4.78, 5) is 0. The van der Waals surface area contributed by atoms with Gasteiger partial charge < -0.3 is 5.32 Å². The van der Waals surface area contributed by atoms with Gasteiger partial charge in [-0.2, -0.15) is 5.10 Å². The Kier molecular flexibility index (Phi) is 3.41. The fraction of sp³-hybridized carbons (Fsp3) is 0.500. The third-order valence-electron chi connectivity index (χ3n) is 3.87. The van der Waals surface area contributed by atoms with Gasteiger partial charge in [0.25, 0.3) is 0 Å². The first-order valence-corrected chi connectivity index (χ1v) is 8.82. The highest BCUT2D eigenvalue weighted by atomic mass is 32.2. The zero-order valence-corrected chi connectivity index (χ0v) is 12.4. The normalized spacial score (nSPS) is 19.2. The largest absolute Gasteiger partial charge is 0.382 e. The molecule has 0 atom stereocenters. The summed E-state index contributed by atoms with van der Waals surface area (Å²) in [6.45, 7) is 2.93. The van der Waals surface area contributed by atoms with Crippen molar-refractivity contribution in [1.82, 2.24) is 9.78 Å². The molecule has 2 aromatic rings. The fourth-order valence-corrected chi connectivity index (χ4v) is 4.19. The van der Waals surface area contributed by atoms with Crippen LogP contribution in [0, 0.1) is 0 Å². The summed E-state index contributed by atoms with van der Waals surface area (Å²) in [5.74, 6) is 0.585. The average Bonchev–Trinajstić information content (AvgIpc) is 2.83. The maximum atomic E-state index is 11.4. The van der Waals surface area contributed by atoms with E-state index in [0.29, 0.717) is 24.3 Å². The smallest absolute Gasteiger partial charge is 0.150 e. The molecule has 2 heterocycles. The van der Waals surface area contributed by atoms with Crippen LogP contribution in [0.4, 0.5) is 5.69 Å². The van der Waals surface area contributed by atoms with Crippen molar-refractivity contribution in [2.75, 3.05) is 16.8 Å². The number of nitrogens with one attached hydrogen (secondary N) is 1. The lowest BCUT2D eigenvalue weighted by atomic mass is 10.1. The van der Waals surface area contributed by atoms with Crippen LogP contribution in [0.25, 0.3) is 10.9 Å². The third kappa shape index (κ3) is 2.65. The molecule has 0 saturated carbocycles. The van der Waals surface area contributed by atoms with Crippen molar-refractivity contribution in [3.63, 3.8) is 0 Å². The van der Waals surface area contributed by atoms with E-state index in [9.17, 15) is 8.42 Å². The first-order valence-electron chi connectivity index (χ1n) is 7.00. The van der Waals surface area contributed by atoms with Crippen LogP contribution in [0.15, 0.2) is 24.4 Å². The third-order valence-corrected chi connectivity index (χ3v) is 5.58. The van der Waals surface area contributed by atoms with Crippen molar-refractivity contribution in [3.05, 3.63) is 24.4 Å². The van der Waals surface area contributed by atoms with Crippen LogP contribution in [-0.2, 0) is 16.4 Å². The van der Waals surface area contributed by atoms with Gasteiger partial charge >= 0.3 is 0 Å². The summed E-state index contributed by atoms with van der Waals surface area (Å²) >= 11 is 0. The van der Waals surface area contributed by atoms with Crippen LogP contribution in [0.3, 0.4) is 0 Å². The number of fused-ring (bicyclic) bond motifs is 1. The number of aryl methyl sites for hydroxylation is 1. The highest BCUT2D eigenvalue weighted by Gasteiger charge is 2.23. The van der Waals surface area contributed by atoms with E-state index < -0.39 is 9.84 Å². The molecule has 0 radical (unpaired) electrons. The average molecular weight is 293 g/mol. The number of benzene rings is 1. The molecule has 5 nitrogen and oxygen atoms in total. The number of nitrogens with zero attached hydrogens (tertiary/aromatic N) is 2. The number of rotatable bonds is 3. The topological polar surface area (TPSA) is 64.0 Å². The fourth-order valence-electron chi connectivity index (χ4n) is 2.70. The summed E-state index contributed by atoms with van der Waals surface area (Å²) in [6.07, 6.45) is 3.25. The van der Waals surface area contributed by atoms with E-state index in [1.54, 1.807) is 0 Å². The van der Waals surface area contributed by atoms with Gasteiger partial charge in [-0.15, -0.1) is 0 Å². The number of anilines is 1. The Morgan fingerprint density at radius 3 is 2.80 bits per heavy atom. The maximum Gasteiger partial charge on any atom is 0.150 e. The second-order valence-corrected chi connectivity index (χ2v) is 7.61. The van der Waals surface area contributed by atoms with Gasteiger partial charge in [-0.05, 0) is 38.0 Å². The summed E-state index contributed by atoms with van der Waals surface area (Å²) in [7, 11) is -2.80. The molecule has 1 aliphatic heterocycles. The summed E-state index contributed by atoms with van der Waals surface area (Å²) < 4.78 is 24.8. The Balaban J connectivity index is 1.75. The maximum absolute atomic E-state index is 11.4. The van der Waals surface area contributed by atoms with E-state index in [1.807, 2.05) is 16.9 Å². The first-order chi connectivity index (χ1) is 9.57. The van der Waals surface area contributed by atoms with Crippen LogP contribution >= 0.6 is 0 Å². The van der Waals surface area contributed by atoms with E-state index in [1.165, 1.54) is 0 Å². The van der Waals surface area contributed by atoms with E-state index in [0.717, 1.165) is 23.1 Å². The summed E-state index contributed by atoms with van der Waals surface area (Å²) in [5, 5.41) is 8.88. The minimum atomic E-state index is -2.80. The molecule has 1 aliphatic rings. The zero-order chi connectivity index (χ0) is 14.2. The zero-order valence-electron chi connectivity index (χ0n) is 11.5. The van der Waals surface area contributed by atoms with Crippen molar-refractivity contribution in [3.8, 4) is 0 Å². The molecule has 1 saturated heterocycles. The Morgan fingerprint density at radius 1 is 1.35 bits per heavy atom. The van der Waals surface area contributed by atoms with Gasteiger partial charge in [0.1, 0.15) is 9.84 Å². The van der Waals surface area contributed by atoms with Gasteiger partial charge in [0, 0.05) is 23.7 Å². The van der Waals surface area contributed by atoms with Gasteiger partial charge in [0.2, 0.25) is 0 Å². The van der Waals surface area contributed by atoms with E-state index in [4.69, 9.17) is 0 Å². The molecule has 108 valence electrons. The highest BCUT2D eigenvalue weighted by Crippen LogP contribution is 2.22. The van der Waals surface area contributed by atoms with Crippen molar-refractivity contribution >= 4 is 26.4 Å². The number of aromatic nitrogens is 2. The van der Waals surface area contributed by atoms with E-state index >= 15 is 0 Å². The Hall–Kier alpha value is -1.56. The van der Waals surface area contributed by atoms with Crippen molar-refractivity contribution in [2.45, 2.75) is 32.4 Å². The lowest BCUT2D eigenvalue weighted by molar-refractivity contribution is 0.559. The second-order valence-electron chi connectivity index (χ2n) is 5.30. The number of hydrogen-bond acceptors (Lipinski definition) is 4. The molecule has 0 spiro atoms. The van der Waals surface area contributed by atoms with Crippen LogP contribution in [-0.4, -0.2) is 35.7 Å². The quantitative estimate of drug-likeness (QED) is 0.940. The Morgan fingerprint density at radius 2 is 2.10 bits per heavy atom. The van der Waals surface area contributed by atoms with Crippen LogP contribution in [0.1, 0.15) is 19.8 Å². The molecule has 0 bridgehead atoms. The van der Waals surface area contributed by atoms with Crippen LogP contribution < -0.4 is 5.32 Å². The lowest BCUT2D eigenvalue weighted by Crippen LogP contribution is -2.32. The molecule has 3 rings (SSSR count). The molecule has 1 fully saturated rings. The van der Waals surface area contributed by atoms with Gasteiger partial charge in [0.05, 0.1) is 23.2 Å². The van der Waals surface area contributed by atoms with Crippen molar-refractivity contribution in [1.29, 1.82) is 0 Å². The molecule has 0 aliphatic carbocycles. The number of hydrogen-bond donors (Lipinski definition) is 1.